The first-order chi connectivity index (χ1) is 9.36. The highest BCUT2D eigenvalue weighted by Crippen LogP contribution is 2.17. The third-order valence-corrected chi connectivity index (χ3v) is 4.18. The lowest BCUT2D eigenvalue weighted by molar-refractivity contribution is 0.162. The van der Waals surface area contributed by atoms with Gasteiger partial charge in [0.15, 0.2) is 0 Å². The highest BCUT2D eigenvalue weighted by atomic mass is 32.2. The highest BCUT2D eigenvalue weighted by molar-refractivity contribution is 7.89. The predicted molar refractivity (Wildman–Crippen MR) is 75.4 cm³/mol. The van der Waals surface area contributed by atoms with Gasteiger partial charge in [-0.3, -0.25) is 0 Å². The van der Waals surface area contributed by atoms with Gasteiger partial charge in [0, 0.05) is 32.4 Å². The summed E-state index contributed by atoms with van der Waals surface area (Å²) >= 11 is 0. The number of likely N-dealkylation sites (N-methyl/N-ethyl adjacent to an activating group) is 1. The zero-order valence-electron chi connectivity index (χ0n) is 11.6. The summed E-state index contributed by atoms with van der Waals surface area (Å²) in [5, 5.41) is 0. The number of benzene rings is 1. The van der Waals surface area contributed by atoms with E-state index >= 15 is 0 Å². The first kappa shape index (κ1) is 16.8. The molecule has 6 nitrogen and oxygen atoms in total. The zero-order valence-corrected chi connectivity index (χ0v) is 12.4. The second-order valence-electron chi connectivity index (χ2n) is 4.38. The number of ether oxygens (including phenoxy) is 1. The van der Waals surface area contributed by atoms with Gasteiger partial charge in [0.25, 0.3) is 0 Å². The number of nitrogens with zero attached hydrogens (tertiary/aromatic N) is 1. The van der Waals surface area contributed by atoms with E-state index in [1.807, 2.05) is 11.9 Å². The number of anilines is 1. The van der Waals surface area contributed by atoms with E-state index in [1.165, 1.54) is 6.07 Å². The van der Waals surface area contributed by atoms with Crippen molar-refractivity contribution < 1.29 is 17.5 Å². The Morgan fingerprint density at radius 2 is 2.10 bits per heavy atom. The Hall–Kier alpha value is -1.22. The molecule has 0 heterocycles. The van der Waals surface area contributed by atoms with Gasteiger partial charge >= 0.3 is 0 Å². The van der Waals surface area contributed by atoms with Gasteiger partial charge in [-0.25, -0.2) is 17.5 Å². The predicted octanol–water partition coefficient (Wildman–Crippen LogP) is 0.264. The summed E-state index contributed by atoms with van der Waals surface area (Å²) in [6.07, 6.45) is 0. The maximum absolute atomic E-state index is 13.5. The van der Waals surface area contributed by atoms with Gasteiger partial charge in [0.2, 0.25) is 10.0 Å². The first-order valence-electron chi connectivity index (χ1n) is 6.09. The molecule has 0 saturated carbocycles. The van der Waals surface area contributed by atoms with Gasteiger partial charge in [-0.15, -0.1) is 0 Å². The van der Waals surface area contributed by atoms with E-state index in [9.17, 15) is 12.8 Å². The van der Waals surface area contributed by atoms with E-state index in [2.05, 4.69) is 4.72 Å². The summed E-state index contributed by atoms with van der Waals surface area (Å²) < 4.78 is 44.7. The Kier molecular flexibility index (Phi) is 6.34. The van der Waals surface area contributed by atoms with E-state index in [0.717, 1.165) is 12.1 Å². The van der Waals surface area contributed by atoms with Gasteiger partial charge in [0.1, 0.15) is 10.7 Å². The van der Waals surface area contributed by atoms with Crippen molar-refractivity contribution in [3.8, 4) is 0 Å². The van der Waals surface area contributed by atoms with Crippen LogP contribution in [0.25, 0.3) is 0 Å². The molecule has 0 aliphatic rings. The fourth-order valence-corrected chi connectivity index (χ4v) is 2.66. The van der Waals surface area contributed by atoms with Crippen LogP contribution in [0.4, 0.5) is 10.1 Å². The number of rotatable bonds is 8. The summed E-state index contributed by atoms with van der Waals surface area (Å²) in [5.74, 6) is -0.820. The van der Waals surface area contributed by atoms with Crippen molar-refractivity contribution in [2.45, 2.75) is 4.90 Å². The molecule has 0 radical (unpaired) electrons. The number of halogens is 1. The van der Waals surface area contributed by atoms with Crippen LogP contribution in [0.2, 0.25) is 0 Å². The molecular formula is C12H20FN3O3S. The third kappa shape index (κ3) is 5.04. The fourth-order valence-electron chi connectivity index (χ4n) is 1.53. The molecule has 0 aliphatic heterocycles. The highest BCUT2D eigenvalue weighted by Gasteiger charge is 2.18. The molecule has 0 aliphatic carbocycles. The Morgan fingerprint density at radius 3 is 2.75 bits per heavy atom. The van der Waals surface area contributed by atoms with Crippen LogP contribution in [-0.2, 0) is 14.8 Å². The van der Waals surface area contributed by atoms with Gasteiger partial charge < -0.3 is 15.4 Å². The monoisotopic (exact) mass is 305 g/mol. The van der Waals surface area contributed by atoms with Crippen LogP contribution in [0, 0.1) is 5.82 Å². The summed E-state index contributed by atoms with van der Waals surface area (Å²) in [4.78, 5) is 1.47. The zero-order chi connectivity index (χ0) is 15.2. The van der Waals surface area contributed by atoms with Crippen molar-refractivity contribution in [2.24, 2.45) is 0 Å². The van der Waals surface area contributed by atoms with Crippen molar-refractivity contribution >= 4 is 15.7 Å². The maximum atomic E-state index is 13.5. The number of methoxy groups -OCH3 is 1. The lowest BCUT2D eigenvalue weighted by Gasteiger charge is -2.16. The summed E-state index contributed by atoms with van der Waals surface area (Å²) in [7, 11) is -0.455. The van der Waals surface area contributed by atoms with Crippen LogP contribution in [0.5, 0.6) is 0 Å². The summed E-state index contributed by atoms with van der Waals surface area (Å²) in [6, 6.07) is 3.45. The molecule has 0 saturated heterocycles. The molecule has 0 aromatic heterocycles. The van der Waals surface area contributed by atoms with Crippen LogP contribution in [0.15, 0.2) is 23.1 Å². The quantitative estimate of drug-likeness (QED) is 0.673. The van der Waals surface area contributed by atoms with Crippen molar-refractivity contribution in [1.29, 1.82) is 0 Å². The van der Waals surface area contributed by atoms with E-state index in [1.54, 1.807) is 7.11 Å². The topological polar surface area (TPSA) is 84.7 Å². The molecule has 8 heteroatoms. The summed E-state index contributed by atoms with van der Waals surface area (Å²) in [6.45, 7) is 1.92. The smallest absolute Gasteiger partial charge is 0.243 e. The minimum atomic E-state index is -3.89. The van der Waals surface area contributed by atoms with Crippen LogP contribution in [0.1, 0.15) is 0 Å². The Bertz CT molecular complexity index is 537. The Balaban J connectivity index is 2.60. The van der Waals surface area contributed by atoms with Crippen molar-refractivity contribution in [1.82, 2.24) is 9.62 Å². The number of hydrogen-bond acceptors (Lipinski definition) is 5. The normalized spacial score (nSPS) is 12.0. The molecule has 20 heavy (non-hydrogen) atoms. The average Bonchev–Trinajstić information content (AvgIpc) is 2.38. The molecule has 0 unspecified atom stereocenters. The molecule has 0 atom stereocenters. The van der Waals surface area contributed by atoms with E-state index in [4.69, 9.17) is 10.5 Å². The number of sulfonamides is 1. The van der Waals surface area contributed by atoms with Crippen LogP contribution in [-0.4, -0.2) is 53.7 Å². The maximum Gasteiger partial charge on any atom is 0.243 e. The average molecular weight is 305 g/mol. The number of nitrogens with one attached hydrogen (secondary N) is 1. The Morgan fingerprint density at radius 1 is 1.40 bits per heavy atom. The molecule has 3 N–H and O–H groups in total. The fraction of sp³-hybridized carbons (Fsp3) is 0.500. The van der Waals surface area contributed by atoms with Crippen LogP contribution < -0.4 is 10.5 Å². The second-order valence-corrected chi connectivity index (χ2v) is 6.12. The third-order valence-electron chi connectivity index (χ3n) is 2.71. The van der Waals surface area contributed by atoms with Crippen LogP contribution in [0.3, 0.4) is 0 Å². The summed E-state index contributed by atoms with van der Waals surface area (Å²) in [5.41, 5.74) is 5.67. The standard InChI is InChI=1S/C12H20FN3O3S/c1-16(7-8-19-2)6-5-15-20(17,18)12-9-10(14)3-4-11(12)13/h3-4,9,15H,5-8,14H2,1-2H3. The molecular weight excluding hydrogens is 285 g/mol. The van der Waals surface area contributed by atoms with Crippen molar-refractivity contribution in [3.05, 3.63) is 24.0 Å². The lowest BCUT2D eigenvalue weighted by atomic mass is 10.3. The molecule has 0 spiro atoms. The number of hydrogen-bond donors (Lipinski definition) is 2. The first-order valence-corrected chi connectivity index (χ1v) is 7.57. The molecule has 1 rings (SSSR count). The second kappa shape index (κ2) is 7.53. The molecule has 0 fully saturated rings. The minimum absolute atomic E-state index is 0.177. The van der Waals surface area contributed by atoms with E-state index in [0.29, 0.717) is 19.7 Å². The number of nitrogens with two attached hydrogens (primary N) is 1. The van der Waals surface area contributed by atoms with Gasteiger partial charge in [-0.05, 0) is 25.2 Å². The number of nitrogen functional groups attached to an aromatic ring is 1. The Labute approximate surface area is 118 Å². The van der Waals surface area contributed by atoms with Gasteiger partial charge in [0.05, 0.1) is 6.61 Å². The van der Waals surface area contributed by atoms with Crippen molar-refractivity contribution in [2.75, 3.05) is 46.1 Å². The van der Waals surface area contributed by atoms with Crippen LogP contribution >= 0.6 is 0 Å². The molecule has 1 aromatic rings. The van der Waals surface area contributed by atoms with E-state index in [-0.39, 0.29) is 12.2 Å². The van der Waals surface area contributed by atoms with Gasteiger partial charge in [-0.2, -0.15) is 0 Å². The largest absolute Gasteiger partial charge is 0.399 e. The molecule has 114 valence electrons. The molecule has 0 amide bonds. The lowest BCUT2D eigenvalue weighted by Crippen LogP contribution is -2.34. The SMILES string of the molecule is COCCN(C)CCNS(=O)(=O)c1cc(N)ccc1F. The molecule has 0 bridgehead atoms. The van der Waals surface area contributed by atoms with E-state index < -0.39 is 20.7 Å². The van der Waals surface area contributed by atoms with Crippen molar-refractivity contribution in [3.63, 3.8) is 0 Å². The van der Waals surface area contributed by atoms with Gasteiger partial charge in [-0.1, -0.05) is 0 Å². The minimum Gasteiger partial charge on any atom is -0.399 e. The molecule has 1 aromatic carbocycles.